The van der Waals surface area contributed by atoms with E-state index in [4.69, 9.17) is 18.1 Å². The number of carboxylic acid groups (broad SMARTS) is 2. The molecule has 0 saturated carbocycles. The van der Waals surface area contributed by atoms with E-state index in [1.165, 1.54) is 0 Å². The second kappa shape index (κ2) is 14.5. The largest absolute Gasteiger partial charge is 1.00 e. The quantitative estimate of drug-likeness (QED) is 0.249. The maximum absolute atomic E-state index is 11.6. The topological polar surface area (TPSA) is 264 Å². The summed E-state index contributed by atoms with van der Waals surface area (Å²) in [7, 11) is 0. The van der Waals surface area contributed by atoms with Gasteiger partial charge >= 0.3 is 241 Å². The molecule has 4 atom stereocenters. The SMILES string of the molecule is O.O.O.O=C([O-])C1[O][Sb]2[O]C(=O)C([O]2)C(C(=O)[O-])[O][Sb]2[O]C(=O)C1[O]2.[K+].[K+]. The Kier molecular flexibility index (Phi) is 18.4. The van der Waals surface area contributed by atoms with Crippen molar-refractivity contribution in [3.63, 3.8) is 0 Å². The molecule has 15 nitrogen and oxygen atoms in total. The van der Waals surface area contributed by atoms with Crippen LogP contribution in [0.15, 0.2) is 0 Å². The summed E-state index contributed by atoms with van der Waals surface area (Å²) in [5.74, 6) is -5.76. The molecule has 3 aliphatic rings. The van der Waals surface area contributed by atoms with Crippen molar-refractivity contribution in [3.05, 3.63) is 0 Å². The molecular weight excluding hydrogens is 658 g/mol. The second-order valence-corrected chi connectivity index (χ2v) is 10.0. The van der Waals surface area contributed by atoms with Crippen LogP contribution in [-0.2, 0) is 37.3 Å². The molecule has 0 amide bonds. The molecule has 19 heteroatoms. The monoisotopic (exact) mass is 666 g/mol. The average molecular weight is 668 g/mol. The number of carbonyl (C=O) groups is 4. The Balaban J connectivity index is -0.00000115. The average Bonchev–Trinajstić information content (AvgIpc) is 2.95. The van der Waals surface area contributed by atoms with Crippen molar-refractivity contribution in [2.75, 3.05) is 0 Å². The first-order chi connectivity index (χ1) is 10.4. The smallest absolute Gasteiger partial charge is 1.00 e. The second-order valence-electron chi connectivity index (χ2n) is 4.01. The molecule has 4 bridgehead atoms. The maximum Gasteiger partial charge on any atom is 1.00 e. The zero-order chi connectivity index (χ0) is 16.0. The Morgan fingerprint density at radius 2 is 1.00 bits per heavy atom. The summed E-state index contributed by atoms with van der Waals surface area (Å²) < 4.78 is 29.4. The van der Waals surface area contributed by atoms with Gasteiger partial charge in [-0.1, -0.05) is 0 Å². The van der Waals surface area contributed by atoms with E-state index in [-0.39, 0.29) is 119 Å². The Hall–Kier alpha value is 2.51. The van der Waals surface area contributed by atoms with Gasteiger partial charge in [-0.3, -0.25) is 0 Å². The molecule has 0 aliphatic carbocycles. The minimum atomic E-state index is -3.86. The van der Waals surface area contributed by atoms with E-state index in [0.717, 1.165) is 0 Å². The number of carbonyl (C=O) groups excluding carboxylic acids is 4. The van der Waals surface area contributed by atoms with Crippen LogP contribution in [0, 0.1) is 0 Å². The van der Waals surface area contributed by atoms with Crippen molar-refractivity contribution >= 4 is 66.8 Å². The van der Waals surface area contributed by atoms with Crippen molar-refractivity contribution in [1.29, 1.82) is 0 Å². The molecular formula is C8H10K2O15Sb2. The van der Waals surface area contributed by atoms with E-state index in [1.54, 1.807) is 0 Å². The van der Waals surface area contributed by atoms with Crippen LogP contribution < -0.4 is 113 Å². The van der Waals surface area contributed by atoms with Crippen LogP contribution in [0.5, 0.6) is 0 Å². The zero-order valence-electron chi connectivity index (χ0n) is 13.6. The van der Waals surface area contributed by atoms with E-state index in [9.17, 15) is 29.4 Å². The fraction of sp³-hybridized carbons (Fsp3) is 0.500. The summed E-state index contributed by atoms with van der Waals surface area (Å²) >= 11 is -7.72. The predicted octanol–water partition coefficient (Wildman–Crippen LogP) is -14.3. The number of hydrogen-bond acceptors (Lipinski definition) is 12. The van der Waals surface area contributed by atoms with Gasteiger partial charge in [-0.05, 0) is 0 Å². The van der Waals surface area contributed by atoms with Crippen molar-refractivity contribution in [1.82, 2.24) is 0 Å². The van der Waals surface area contributed by atoms with Gasteiger partial charge in [0.1, 0.15) is 0 Å². The first-order valence-corrected chi connectivity index (χ1v) is 11.7. The molecule has 3 fully saturated rings. The van der Waals surface area contributed by atoms with E-state index < -0.39 is 91.2 Å². The third kappa shape index (κ3) is 7.85. The molecule has 3 heterocycles. The Bertz CT molecular complexity index is 514. The molecule has 3 aliphatic heterocycles. The van der Waals surface area contributed by atoms with Gasteiger partial charge < -0.3 is 16.4 Å². The van der Waals surface area contributed by atoms with Gasteiger partial charge in [0.05, 0.1) is 0 Å². The molecule has 3 saturated heterocycles. The molecule has 0 aromatic heterocycles. The minimum Gasteiger partial charge on any atom is 1.00 e. The molecule has 144 valence electrons. The first kappa shape index (κ1) is 34.1. The fourth-order valence-electron chi connectivity index (χ4n) is 1.65. The Labute approximate surface area is 252 Å². The van der Waals surface area contributed by atoms with Crippen LogP contribution in [0.4, 0.5) is 0 Å². The number of aliphatic carboxylic acids is 2. The van der Waals surface area contributed by atoms with Gasteiger partial charge in [-0.2, -0.15) is 0 Å². The van der Waals surface area contributed by atoms with Crippen LogP contribution in [0.3, 0.4) is 0 Å². The van der Waals surface area contributed by atoms with E-state index in [0.29, 0.717) is 0 Å². The summed E-state index contributed by atoms with van der Waals surface area (Å²) in [6, 6.07) is 0. The molecule has 0 aromatic carbocycles. The zero-order valence-corrected chi connectivity index (χ0v) is 25.0. The van der Waals surface area contributed by atoms with E-state index in [2.05, 4.69) is 0 Å². The summed E-state index contributed by atoms with van der Waals surface area (Å²) in [5, 5.41) is 22.1. The van der Waals surface area contributed by atoms with Gasteiger partial charge in [0, 0.05) is 0 Å². The Morgan fingerprint density at radius 1 is 0.704 bits per heavy atom. The van der Waals surface area contributed by atoms with Crippen LogP contribution >= 0.6 is 0 Å². The van der Waals surface area contributed by atoms with Gasteiger partial charge in [-0.15, -0.1) is 0 Å². The molecule has 6 N–H and O–H groups in total. The molecule has 0 spiro atoms. The van der Waals surface area contributed by atoms with Crippen LogP contribution in [0.25, 0.3) is 0 Å². The summed E-state index contributed by atoms with van der Waals surface area (Å²) in [6.07, 6.45) is -7.20. The molecule has 0 aromatic rings. The number of fused-ring (bicyclic) bond motifs is 4. The summed E-state index contributed by atoms with van der Waals surface area (Å²) in [6.45, 7) is 0. The molecule has 3 rings (SSSR count). The van der Waals surface area contributed by atoms with Crippen LogP contribution in [0.1, 0.15) is 0 Å². The van der Waals surface area contributed by atoms with E-state index >= 15 is 0 Å². The van der Waals surface area contributed by atoms with Crippen LogP contribution in [-0.4, -0.2) is 108 Å². The van der Waals surface area contributed by atoms with Crippen LogP contribution in [0.2, 0.25) is 0 Å². The van der Waals surface area contributed by atoms with Gasteiger partial charge in [-0.25, -0.2) is 0 Å². The Morgan fingerprint density at radius 3 is 1.26 bits per heavy atom. The van der Waals surface area contributed by atoms with Gasteiger partial charge in [0.15, 0.2) is 0 Å². The van der Waals surface area contributed by atoms with Crippen molar-refractivity contribution < 1.29 is 167 Å². The van der Waals surface area contributed by atoms with Gasteiger partial charge in [0.25, 0.3) is 0 Å². The molecule has 0 radical (unpaired) electrons. The number of rotatable bonds is 2. The third-order valence-electron chi connectivity index (χ3n) is 2.61. The van der Waals surface area contributed by atoms with Gasteiger partial charge in [0.2, 0.25) is 0 Å². The normalized spacial score (nSPS) is 29.2. The van der Waals surface area contributed by atoms with Crippen molar-refractivity contribution in [3.8, 4) is 0 Å². The maximum atomic E-state index is 11.6. The minimum absolute atomic E-state index is 0. The third-order valence-corrected chi connectivity index (χ3v) is 9.04. The standard InChI is InChI=1S/2C4H4O6.2K.3H2O.2Sb/c2*5-1(3(7)8)2(6)4(9)10;;;;;;;/h2*1-2H,(H,7,8)(H,9,10);;;3*1H2;;/q2*-2;2*+1;;;;2*+3/p-4. The first-order valence-electron chi connectivity index (χ1n) is 5.49. The van der Waals surface area contributed by atoms with E-state index in [1.807, 2.05) is 0 Å². The molecule has 4 unspecified atom stereocenters. The number of hydrogen-bond donors (Lipinski definition) is 0. The molecule has 27 heavy (non-hydrogen) atoms. The number of carboxylic acids is 2. The fourth-order valence-corrected chi connectivity index (χ4v) is 8.21. The van der Waals surface area contributed by atoms with Crippen molar-refractivity contribution in [2.24, 2.45) is 0 Å². The predicted molar refractivity (Wildman–Crippen MR) is 64.0 cm³/mol. The summed E-state index contributed by atoms with van der Waals surface area (Å²) in [4.78, 5) is 45.3. The summed E-state index contributed by atoms with van der Waals surface area (Å²) in [5.41, 5.74) is 0. The van der Waals surface area contributed by atoms with Crippen molar-refractivity contribution in [2.45, 2.75) is 24.4 Å².